The molecule has 1 aliphatic heterocycles. The number of amides is 1. The topological polar surface area (TPSA) is 59.6 Å². The van der Waals surface area contributed by atoms with Gasteiger partial charge in [0.15, 0.2) is 0 Å². The molecule has 124 valence electrons. The van der Waals surface area contributed by atoms with Crippen LogP contribution in [0.4, 0.5) is 0 Å². The summed E-state index contributed by atoms with van der Waals surface area (Å²) in [5.41, 5.74) is 1.12. The van der Waals surface area contributed by atoms with Crippen molar-refractivity contribution >= 4 is 18.3 Å². The Kier molecular flexibility index (Phi) is 8.89. The van der Waals surface area contributed by atoms with E-state index in [0.717, 1.165) is 37.1 Å². The highest BCUT2D eigenvalue weighted by Gasteiger charge is 2.20. The first-order chi connectivity index (χ1) is 10.3. The minimum atomic E-state index is 0. The summed E-state index contributed by atoms with van der Waals surface area (Å²) >= 11 is 0. The monoisotopic (exact) mass is 328 g/mol. The second-order valence-electron chi connectivity index (χ2n) is 5.19. The third-order valence-electron chi connectivity index (χ3n) is 3.57. The summed E-state index contributed by atoms with van der Waals surface area (Å²) < 4.78 is 10.7. The van der Waals surface area contributed by atoms with Crippen molar-refractivity contribution in [2.24, 2.45) is 0 Å². The molecule has 0 bridgehead atoms. The Hall–Kier alpha value is -1.30. The van der Waals surface area contributed by atoms with Gasteiger partial charge in [0.2, 0.25) is 5.91 Å². The maximum Gasteiger partial charge on any atom is 0.237 e. The van der Waals surface area contributed by atoms with Crippen LogP contribution in [0.1, 0.15) is 24.8 Å². The van der Waals surface area contributed by atoms with Crippen LogP contribution in [0, 0.1) is 0 Å². The first-order valence-electron chi connectivity index (χ1n) is 7.51. The molecule has 1 aliphatic rings. The summed E-state index contributed by atoms with van der Waals surface area (Å²) in [6.45, 7) is 2.84. The lowest BCUT2D eigenvalue weighted by atomic mass is 10.2. The van der Waals surface area contributed by atoms with Gasteiger partial charge in [-0.3, -0.25) is 4.79 Å². The van der Waals surface area contributed by atoms with E-state index in [1.807, 2.05) is 24.3 Å². The molecule has 2 rings (SSSR count). The molecule has 0 aliphatic carbocycles. The molecule has 0 spiro atoms. The van der Waals surface area contributed by atoms with Crippen LogP contribution in [0.2, 0.25) is 0 Å². The zero-order chi connectivity index (χ0) is 14.9. The van der Waals surface area contributed by atoms with Crippen LogP contribution in [-0.4, -0.2) is 38.8 Å². The summed E-state index contributed by atoms with van der Waals surface area (Å²) in [5, 5.41) is 6.13. The molecule has 0 radical (unpaired) electrons. The smallest absolute Gasteiger partial charge is 0.237 e. The number of benzene rings is 1. The minimum absolute atomic E-state index is 0. The largest absolute Gasteiger partial charge is 0.497 e. The quantitative estimate of drug-likeness (QED) is 0.716. The molecule has 5 nitrogen and oxygen atoms in total. The molecule has 1 atom stereocenters. The van der Waals surface area contributed by atoms with E-state index in [2.05, 4.69) is 10.6 Å². The van der Waals surface area contributed by atoms with Gasteiger partial charge in [-0.1, -0.05) is 12.1 Å². The van der Waals surface area contributed by atoms with Gasteiger partial charge in [-0.05, 0) is 43.5 Å². The van der Waals surface area contributed by atoms with Crippen molar-refractivity contribution in [3.05, 3.63) is 29.8 Å². The van der Waals surface area contributed by atoms with Crippen LogP contribution in [0.25, 0.3) is 0 Å². The maximum absolute atomic E-state index is 11.7. The minimum Gasteiger partial charge on any atom is -0.497 e. The van der Waals surface area contributed by atoms with Gasteiger partial charge in [-0.2, -0.15) is 0 Å². The van der Waals surface area contributed by atoms with Gasteiger partial charge in [0.1, 0.15) is 5.75 Å². The molecule has 1 unspecified atom stereocenters. The van der Waals surface area contributed by atoms with E-state index in [1.165, 1.54) is 0 Å². The molecule has 22 heavy (non-hydrogen) atoms. The number of halogens is 1. The van der Waals surface area contributed by atoms with Crippen LogP contribution in [0.3, 0.4) is 0 Å². The molecular weight excluding hydrogens is 304 g/mol. The van der Waals surface area contributed by atoms with E-state index in [4.69, 9.17) is 9.47 Å². The van der Waals surface area contributed by atoms with Crippen LogP contribution in [0.5, 0.6) is 5.75 Å². The van der Waals surface area contributed by atoms with Crippen molar-refractivity contribution < 1.29 is 14.3 Å². The second kappa shape index (κ2) is 10.4. The molecule has 1 aromatic rings. The Balaban J connectivity index is 0.00000242. The summed E-state index contributed by atoms with van der Waals surface area (Å²) in [4.78, 5) is 11.7. The lowest BCUT2D eigenvalue weighted by molar-refractivity contribution is -0.122. The zero-order valence-electron chi connectivity index (χ0n) is 13.0. The summed E-state index contributed by atoms with van der Waals surface area (Å²) in [6, 6.07) is 7.84. The molecule has 1 amide bonds. The number of nitrogens with one attached hydrogen (secondary N) is 2. The van der Waals surface area contributed by atoms with Crippen molar-refractivity contribution in [3.8, 4) is 5.75 Å². The molecule has 1 saturated heterocycles. The van der Waals surface area contributed by atoms with E-state index in [-0.39, 0.29) is 24.4 Å². The Labute approximate surface area is 138 Å². The highest BCUT2D eigenvalue weighted by Crippen LogP contribution is 2.11. The van der Waals surface area contributed by atoms with Gasteiger partial charge < -0.3 is 20.1 Å². The Morgan fingerprint density at radius 3 is 2.77 bits per heavy atom. The normalized spacial score (nSPS) is 16.9. The van der Waals surface area contributed by atoms with E-state index >= 15 is 0 Å². The highest BCUT2D eigenvalue weighted by atomic mass is 35.5. The number of methoxy groups -OCH3 is 1. The molecule has 0 aromatic heterocycles. The maximum atomic E-state index is 11.7. The van der Waals surface area contributed by atoms with Gasteiger partial charge in [0.25, 0.3) is 0 Å². The molecule has 1 aromatic carbocycles. The van der Waals surface area contributed by atoms with E-state index in [9.17, 15) is 4.79 Å². The average Bonchev–Trinajstić information content (AvgIpc) is 3.05. The fourth-order valence-electron chi connectivity index (χ4n) is 2.33. The molecule has 6 heteroatoms. The third-order valence-corrected chi connectivity index (χ3v) is 3.57. The van der Waals surface area contributed by atoms with Gasteiger partial charge in [0.05, 0.1) is 19.8 Å². The van der Waals surface area contributed by atoms with Crippen molar-refractivity contribution in [1.29, 1.82) is 0 Å². The molecule has 0 saturated carbocycles. The highest BCUT2D eigenvalue weighted by molar-refractivity contribution is 5.85. The molecular formula is C16H25ClN2O3. The molecule has 1 fully saturated rings. The predicted octanol–water partition coefficient (Wildman–Crippen LogP) is 1.89. The van der Waals surface area contributed by atoms with E-state index < -0.39 is 0 Å². The van der Waals surface area contributed by atoms with Gasteiger partial charge >= 0.3 is 0 Å². The van der Waals surface area contributed by atoms with E-state index in [1.54, 1.807) is 7.11 Å². The van der Waals surface area contributed by atoms with Gasteiger partial charge in [-0.15, -0.1) is 12.4 Å². The number of ether oxygens (including phenoxy) is 2. The summed E-state index contributed by atoms with van der Waals surface area (Å²) in [5.74, 6) is 0.963. The predicted molar refractivity (Wildman–Crippen MR) is 88.5 cm³/mol. The van der Waals surface area contributed by atoms with Gasteiger partial charge in [-0.25, -0.2) is 0 Å². The van der Waals surface area contributed by atoms with Crippen LogP contribution >= 0.6 is 12.4 Å². The summed E-state index contributed by atoms with van der Waals surface area (Å²) in [6.07, 6.45) is 2.86. The fourth-order valence-corrected chi connectivity index (χ4v) is 2.33. The van der Waals surface area contributed by atoms with Crippen molar-refractivity contribution in [1.82, 2.24) is 10.6 Å². The standard InChI is InChI=1S/C16H24N2O3.ClH/c1-20-14-7-5-13(6-8-14)12-21-11-3-10-18-16(19)15-4-2-9-17-15;/h5-8,15,17H,2-4,9-12H2,1H3,(H,18,19);1H. The summed E-state index contributed by atoms with van der Waals surface area (Å²) in [7, 11) is 1.65. The lowest BCUT2D eigenvalue weighted by Gasteiger charge is -2.11. The Bertz CT molecular complexity index is 434. The third kappa shape index (κ3) is 6.22. The van der Waals surface area contributed by atoms with Crippen LogP contribution in [-0.2, 0) is 16.1 Å². The van der Waals surface area contributed by atoms with Crippen molar-refractivity contribution in [2.75, 3.05) is 26.8 Å². The van der Waals surface area contributed by atoms with Crippen LogP contribution in [0.15, 0.2) is 24.3 Å². The first-order valence-corrected chi connectivity index (χ1v) is 7.51. The first kappa shape index (κ1) is 18.7. The van der Waals surface area contributed by atoms with Gasteiger partial charge in [0, 0.05) is 13.2 Å². The number of carbonyl (C=O) groups excluding carboxylic acids is 1. The zero-order valence-corrected chi connectivity index (χ0v) is 13.8. The van der Waals surface area contributed by atoms with Crippen molar-refractivity contribution in [2.45, 2.75) is 31.9 Å². The lowest BCUT2D eigenvalue weighted by Crippen LogP contribution is -2.40. The van der Waals surface area contributed by atoms with E-state index in [0.29, 0.717) is 19.8 Å². The number of hydrogen-bond acceptors (Lipinski definition) is 4. The Morgan fingerprint density at radius 2 is 2.14 bits per heavy atom. The average molecular weight is 329 g/mol. The van der Waals surface area contributed by atoms with Crippen molar-refractivity contribution in [3.63, 3.8) is 0 Å². The second-order valence-corrected chi connectivity index (χ2v) is 5.19. The van der Waals surface area contributed by atoms with Crippen LogP contribution < -0.4 is 15.4 Å². The SMILES string of the molecule is COc1ccc(COCCCNC(=O)C2CCCN2)cc1.Cl. The Morgan fingerprint density at radius 1 is 1.36 bits per heavy atom. The fraction of sp³-hybridized carbons (Fsp3) is 0.562. The molecule has 2 N–H and O–H groups in total. The number of rotatable bonds is 8. The number of hydrogen-bond donors (Lipinski definition) is 2. The molecule has 1 heterocycles. The number of carbonyl (C=O) groups is 1.